The monoisotopic (exact) mass is 289 g/mol. The summed E-state index contributed by atoms with van der Waals surface area (Å²) in [5.41, 5.74) is 1.24. The number of likely N-dealkylation sites (tertiary alicyclic amines) is 1. The largest absolute Gasteiger partial charge is 0.312 e. The molecule has 1 aromatic rings. The molecule has 2 saturated heterocycles. The fourth-order valence-corrected chi connectivity index (χ4v) is 3.86. The molecule has 0 spiro atoms. The Hall–Kier alpha value is -1.46. The van der Waals surface area contributed by atoms with Gasteiger partial charge in [0.15, 0.2) is 0 Å². The minimum Gasteiger partial charge on any atom is -0.312 e. The number of rotatable bonds is 4. The first-order valence-electron chi connectivity index (χ1n) is 7.90. The average molecular weight is 289 g/mol. The van der Waals surface area contributed by atoms with Crippen molar-refractivity contribution in [3.63, 3.8) is 0 Å². The molecule has 0 aliphatic carbocycles. The third kappa shape index (κ3) is 2.94. The average Bonchev–Trinajstić information content (AvgIpc) is 3.17. The van der Waals surface area contributed by atoms with E-state index in [9.17, 15) is 10.1 Å². The van der Waals surface area contributed by atoms with Crippen molar-refractivity contribution in [2.75, 3.05) is 13.1 Å². The molecule has 1 aromatic carbocycles. The van der Waals surface area contributed by atoms with Crippen molar-refractivity contribution in [1.29, 1.82) is 0 Å². The van der Waals surface area contributed by atoms with E-state index in [0.717, 1.165) is 18.7 Å². The number of nitro groups is 1. The van der Waals surface area contributed by atoms with Gasteiger partial charge in [0.25, 0.3) is 5.69 Å². The van der Waals surface area contributed by atoms with Crippen LogP contribution in [0.15, 0.2) is 24.3 Å². The van der Waals surface area contributed by atoms with Crippen LogP contribution in [0.4, 0.5) is 5.69 Å². The molecule has 2 aliphatic heterocycles. The number of hydrogen-bond donors (Lipinski definition) is 1. The van der Waals surface area contributed by atoms with Crippen LogP contribution in [0.25, 0.3) is 0 Å². The van der Waals surface area contributed by atoms with Gasteiger partial charge in [-0.2, -0.15) is 0 Å². The van der Waals surface area contributed by atoms with Crippen LogP contribution in [0.3, 0.4) is 0 Å². The zero-order valence-corrected chi connectivity index (χ0v) is 12.5. The van der Waals surface area contributed by atoms with E-state index < -0.39 is 0 Å². The summed E-state index contributed by atoms with van der Waals surface area (Å²) in [6.45, 7) is 4.39. The summed E-state index contributed by atoms with van der Waals surface area (Å²) in [7, 11) is 0. The SMILES string of the molecule is CC(c1cccc([N+](=O)[O-])c1)N1CCCC1C1CCCN1. The van der Waals surface area contributed by atoms with Crippen molar-refractivity contribution in [2.45, 2.75) is 50.7 Å². The second-order valence-corrected chi connectivity index (χ2v) is 6.18. The number of benzene rings is 1. The molecular weight excluding hydrogens is 266 g/mol. The number of hydrogen-bond acceptors (Lipinski definition) is 4. The first kappa shape index (κ1) is 14.5. The highest BCUT2D eigenvalue weighted by Crippen LogP contribution is 2.33. The van der Waals surface area contributed by atoms with Crippen molar-refractivity contribution < 1.29 is 4.92 Å². The Kier molecular flexibility index (Phi) is 4.22. The van der Waals surface area contributed by atoms with Crippen molar-refractivity contribution in [3.8, 4) is 0 Å². The Bertz CT molecular complexity index is 514. The predicted molar refractivity (Wildman–Crippen MR) is 82.3 cm³/mol. The van der Waals surface area contributed by atoms with E-state index in [4.69, 9.17) is 0 Å². The molecule has 0 bridgehead atoms. The van der Waals surface area contributed by atoms with Gasteiger partial charge in [-0.15, -0.1) is 0 Å². The van der Waals surface area contributed by atoms with Gasteiger partial charge < -0.3 is 5.32 Å². The van der Waals surface area contributed by atoms with Crippen LogP contribution in [-0.2, 0) is 0 Å². The van der Waals surface area contributed by atoms with E-state index in [2.05, 4.69) is 17.1 Å². The third-order valence-corrected chi connectivity index (χ3v) is 4.97. The topological polar surface area (TPSA) is 58.4 Å². The van der Waals surface area contributed by atoms with Crippen LogP contribution in [-0.4, -0.2) is 35.0 Å². The molecule has 3 unspecified atom stereocenters. The molecule has 1 N–H and O–H groups in total. The Labute approximate surface area is 125 Å². The van der Waals surface area contributed by atoms with Crippen molar-refractivity contribution in [1.82, 2.24) is 10.2 Å². The van der Waals surface area contributed by atoms with E-state index in [0.29, 0.717) is 12.1 Å². The summed E-state index contributed by atoms with van der Waals surface area (Å²) in [6.07, 6.45) is 4.97. The van der Waals surface area contributed by atoms with Crippen molar-refractivity contribution >= 4 is 5.69 Å². The molecule has 0 amide bonds. The molecule has 0 aromatic heterocycles. The van der Waals surface area contributed by atoms with Crippen LogP contribution < -0.4 is 5.32 Å². The summed E-state index contributed by atoms with van der Waals surface area (Å²) in [5.74, 6) is 0. The van der Waals surface area contributed by atoms with Gasteiger partial charge in [-0.1, -0.05) is 12.1 Å². The smallest absolute Gasteiger partial charge is 0.269 e. The molecule has 5 nitrogen and oxygen atoms in total. The summed E-state index contributed by atoms with van der Waals surface area (Å²) >= 11 is 0. The highest BCUT2D eigenvalue weighted by Gasteiger charge is 2.36. The summed E-state index contributed by atoms with van der Waals surface area (Å²) in [6, 6.07) is 8.49. The van der Waals surface area contributed by atoms with Gasteiger partial charge in [-0.3, -0.25) is 15.0 Å². The Balaban J connectivity index is 1.78. The van der Waals surface area contributed by atoms with Gasteiger partial charge >= 0.3 is 0 Å². The Morgan fingerprint density at radius 3 is 2.95 bits per heavy atom. The molecule has 3 rings (SSSR count). The lowest BCUT2D eigenvalue weighted by Crippen LogP contribution is -2.44. The van der Waals surface area contributed by atoms with Crippen LogP contribution in [0.2, 0.25) is 0 Å². The predicted octanol–water partition coefficient (Wildman–Crippen LogP) is 2.87. The van der Waals surface area contributed by atoms with Gasteiger partial charge in [-0.05, 0) is 51.3 Å². The molecule has 3 atom stereocenters. The molecule has 2 heterocycles. The number of nitrogens with one attached hydrogen (secondary N) is 1. The van der Waals surface area contributed by atoms with Crippen LogP contribution in [0.5, 0.6) is 0 Å². The van der Waals surface area contributed by atoms with E-state index in [1.54, 1.807) is 18.2 Å². The maximum atomic E-state index is 11.0. The van der Waals surface area contributed by atoms with Gasteiger partial charge in [0, 0.05) is 30.3 Å². The Morgan fingerprint density at radius 2 is 2.24 bits per heavy atom. The van der Waals surface area contributed by atoms with Gasteiger partial charge in [-0.25, -0.2) is 0 Å². The van der Waals surface area contributed by atoms with Gasteiger partial charge in [0.05, 0.1) is 4.92 Å². The first-order valence-corrected chi connectivity index (χ1v) is 7.90. The number of non-ortho nitro benzene ring substituents is 1. The molecule has 2 fully saturated rings. The van der Waals surface area contributed by atoms with Crippen LogP contribution in [0.1, 0.15) is 44.2 Å². The van der Waals surface area contributed by atoms with Gasteiger partial charge in [0.2, 0.25) is 0 Å². The minimum atomic E-state index is -0.309. The van der Waals surface area contributed by atoms with E-state index in [1.807, 2.05) is 6.07 Å². The lowest BCUT2D eigenvalue weighted by atomic mass is 10.0. The zero-order valence-electron chi connectivity index (χ0n) is 12.5. The van der Waals surface area contributed by atoms with E-state index in [1.165, 1.54) is 25.7 Å². The summed E-state index contributed by atoms with van der Waals surface area (Å²) in [4.78, 5) is 13.2. The number of nitrogens with zero attached hydrogens (tertiary/aromatic N) is 2. The molecular formula is C16H23N3O2. The zero-order chi connectivity index (χ0) is 14.8. The quantitative estimate of drug-likeness (QED) is 0.684. The van der Waals surface area contributed by atoms with Gasteiger partial charge in [0.1, 0.15) is 0 Å². The summed E-state index contributed by atoms with van der Waals surface area (Å²) < 4.78 is 0. The first-order chi connectivity index (χ1) is 10.2. The molecule has 114 valence electrons. The van der Waals surface area contributed by atoms with Crippen LogP contribution in [0, 0.1) is 10.1 Å². The maximum Gasteiger partial charge on any atom is 0.269 e. The second kappa shape index (κ2) is 6.12. The molecule has 0 saturated carbocycles. The lowest BCUT2D eigenvalue weighted by Gasteiger charge is -2.34. The fraction of sp³-hybridized carbons (Fsp3) is 0.625. The fourth-order valence-electron chi connectivity index (χ4n) is 3.86. The molecule has 5 heteroatoms. The lowest BCUT2D eigenvalue weighted by molar-refractivity contribution is -0.385. The highest BCUT2D eigenvalue weighted by molar-refractivity contribution is 5.35. The maximum absolute atomic E-state index is 11.0. The third-order valence-electron chi connectivity index (χ3n) is 4.97. The molecule has 0 radical (unpaired) electrons. The Morgan fingerprint density at radius 1 is 1.38 bits per heavy atom. The second-order valence-electron chi connectivity index (χ2n) is 6.18. The minimum absolute atomic E-state index is 0.189. The standard InChI is InChI=1S/C16H23N3O2/c1-12(13-5-2-6-14(11-13)19(20)21)18-10-4-8-16(18)15-7-3-9-17-15/h2,5-6,11-12,15-17H,3-4,7-10H2,1H3. The van der Waals surface area contributed by atoms with E-state index >= 15 is 0 Å². The molecule has 2 aliphatic rings. The van der Waals surface area contributed by atoms with E-state index in [-0.39, 0.29) is 16.7 Å². The van der Waals surface area contributed by atoms with Crippen molar-refractivity contribution in [2.24, 2.45) is 0 Å². The number of nitro benzene ring substituents is 1. The van der Waals surface area contributed by atoms with Crippen molar-refractivity contribution in [3.05, 3.63) is 39.9 Å². The molecule has 21 heavy (non-hydrogen) atoms. The highest BCUT2D eigenvalue weighted by atomic mass is 16.6. The van der Waals surface area contributed by atoms with Crippen LogP contribution >= 0.6 is 0 Å². The normalized spacial score (nSPS) is 27.9. The summed E-state index contributed by atoms with van der Waals surface area (Å²) in [5, 5.41) is 14.6.